The van der Waals surface area contributed by atoms with E-state index >= 15 is 0 Å². The monoisotopic (exact) mass is 466 g/mol. The Balaban J connectivity index is 1.56. The lowest BCUT2D eigenvalue weighted by Crippen LogP contribution is -2.42. The first-order chi connectivity index (χ1) is 14.3. The highest BCUT2D eigenvalue weighted by Gasteiger charge is 2.31. The zero-order valence-electron chi connectivity index (χ0n) is 16.7. The van der Waals surface area contributed by atoms with Crippen LogP contribution in [0, 0.1) is 5.92 Å². The summed E-state index contributed by atoms with van der Waals surface area (Å²) in [6.45, 7) is 1.04. The molecular formula is C22H24Cl2N2O3S. The van der Waals surface area contributed by atoms with Crippen molar-refractivity contribution in [3.8, 4) is 0 Å². The number of hydrogen-bond donors (Lipinski definition) is 0. The van der Waals surface area contributed by atoms with Crippen molar-refractivity contribution in [2.75, 3.05) is 20.1 Å². The van der Waals surface area contributed by atoms with Crippen molar-refractivity contribution < 1.29 is 13.2 Å². The van der Waals surface area contributed by atoms with Crippen LogP contribution in [0.1, 0.15) is 24.0 Å². The Bertz CT molecular complexity index is 1020. The molecule has 0 atom stereocenters. The molecule has 160 valence electrons. The molecule has 1 aliphatic rings. The molecule has 5 nitrogen and oxygen atoms in total. The van der Waals surface area contributed by atoms with Crippen molar-refractivity contribution in [1.82, 2.24) is 9.21 Å². The number of hydrogen-bond acceptors (Lipinski definition) is 3. The predicted molar refractivity (Wildman–Crippen MR) is 122 cm³/mol. The summed E-state index contributed by atoms with van der Waals surface area (Å²) in [5.74, 6) is -0.205. The van der Waals surface area contributed by atoms with Crippen molar-refractivity contribution in [2.45, 2.75) is 19.4 Å². The zero-order valence-corrected chi connectivity index (χ0v) is 19.0. The van der Waals surface area contributed by atoms with Gasteiger partial charge in [0.1, 0.15) is 0 Å². The molecule has 1 amide bonds. The molecule has 0 N–H and O–H groups in total. The molecule has 0 bridgehead atoms. The molecule has 0 saturated carbocycles. The topological polar surface area (TPSA) is 57.7 Å². The number of carbonyl (C=O) groups excluding carboxylic acids is 1. The highest BCUT2D eigenvalue weighted by Crippen LogP contribution is 2.25. The van der Waals surface area contributed by atoms with Gasteiger partial charge in [-0.1, -0.05) is 59.6 Å². The van der Waals surface area contributed by atoms with Gasteiger partial charge in [-0.2, -0.15) is 4.31 Å². The van der Waals surface area contributed by atoms with Crippen LogP contribution in [0.25, 0.3) is 6.08 Å². The summed E-state index contributed by atoms with van der Waals surface area (Å²) < 4.78 is 26.6. The van der Waals surface area contributed by atoms with E-state index in [0.717, 1.165) is 11.1 Å². The maximum atomic E-state index is 12.8. The van der Waals surface area contributed by atoms with E-state index in [1.54, 1.807) is 30.2 Å². The quantitative estimate of drug-likeness (QED) is 0.621. The number of benzene rings is 2. The molecule has 2 aromatic carbocycles. The normalized spacial score (nSPS) is 16.1. The average molecular weight is 467 g/mol. The van der Waals surface area contributed by atoms with Crippen molar-refractivity contribution in [3.63, 3.8) is 0 Å². The van der Waals surface area contributed by atoms with E-state index in [4.69, 9.17) is 23.2 Å². The van der Waals surface area contributed by atoms with Gasteiger partial charge < -0.3 is 4.90 Å². The smallest absolute Gasteiger partial charge is 0.236 e. The molecule has 0 aliphatic carbocycles. The standard InChI is InChI=1S/C22H24Cl2N2O3S/c1-25(16-19-7-8-20(23)15-21(19)24)22(27)18-9-12-26(13-10-18)30(28,29)14-11-17-5-3-2-4-6-17/h2-8,11,14-15,18H,9-10,12-13,16H2,1H3/b14-11+. The van der Waals surface area contributed by atoms with Gasteiger partial charge in [0.05, 0.1) is 0 Å². The average Bonchev–Trinajstić information content (AvgIpc) is 2.74. The fourth-order valence-electron chi connectivity index (χ4n) is 3.47. The maximum absolute atomic E-state index is 12.8. The van der Waals surface area contributed by atoms with Gasteiger partial charge in [-0.15, -0.1) is 0 Å². The number of amides is 1. The van der Waals surface area contributed by atoms with Gasteiger partial charge in [-0.05, 0) is 42.2 Å². The number of carbonyl (C=O) groups is 1. The lowest BCUT2D eigenvalue weighted by atomic mass is 9.96. The van der Waals surface area contributed by atoms with Crippen LogP contribution >= 0.6 is 23.2 Å². The first kappa shape index (κ1) is 22.8. The van der Waals surface area contributed by atoms with Gasteiger partial charge in [-0.3, -0.25) is 4.79 Å². The minimum absolute atomic E-state index is 0.00195. The van der Waals surface area contributed by atoms with Gasteiger partial charge in [0, 0.05) is 48.1 Å². The molecule has 1 aliphatic heterocycles. The van der Waals surface area contributed by atoms with Gasteiger partial charge in [0.15, 0.2) is 0 Å². The molecule has 30 heavy (non-hydrogen) atoms. The van der Waals surface area contributed by atoms with E-state index in [-0.39, 0.29) is 11.8 Å². The maximum Gasteiger partial charge on any atom is 0.236 e. The molecule has 1 fully saturated rings. The largest absolute Gasteiger partial charge is 0.341 e. The Labute approximate surface area is 187 Å². The number of nitrogens with zero attached hydrogens (tertiary/aromatic N) is 2. The third-order valence-electron chi connectivity index (χ3n) is 5.19. The van der Waals surface area contributed by atoms with Crippen molar-refractivity contribution in [3.05, 3.63) is 75.1 Å². The third kappa shape index (κ3) is 5.85. The summed E-state index contributed by atoms with van der Waals surface area (Å²) in [6, 6.07) is 14.5. The van der Waals surface area contributed by atoms with Crippen LogP contribution in [-0.2, 0) is 21.4 Å². The highest BCUT2D eigenvalue weighted by molar-refractivity contribution is 7.92. The zero-order chi connectivity index (χ0) is 21.7. The van der Waals surface area contributed by atoms with E-state index in [2.05, 4.69) is 0 Å². The molecule has 0 spiro atoms. The minimum atomic E-state index is -3.51. The minimum Gasteiger partial charge on any atom is -0.341 e. The lowest BCUT2D eigenvalue weighted by Gasteiger charge is -2.32. The molecule has 0 radical (unpaired) electrons. The SMILES string of the molecule is CN(Cc1ccc(Cl)cc1Cl)C(=O)C1CCN(S(=O)(=O)/C=C/c2ccccc2)CC1. The van der Waals surface area contributed by atoms with E-state index in [1.807, 2.05) is 36.4 Å². The number of halogens is 2. The second-order valence-corrected chi connectivity index (χ2v) is 10.0. The van der Waals surface area contributed by atoms with E-state index in [9.17, 15) is 13.2 Å². The Morgan fingerprint density at radius 2 is 1.80 bits per heavy atom. The fourth-order valence-corrected chi connectivity index (χ4v) is 5.16. The van der Waals surface area contributed by atoms with Gasteiger partial charge in [-0.25, -0.2) is 8.42 Å². The van der Waals surface area contributed by atoms with Crippen molar-refractivity contribution >= 4 is 45.2 Å². The van der Waals surface area contributed by atoms with Crippen LogP contribution in [0.5, 0.6) is 0 Å². The summed E-state index contributed by atoms with van der Waals surface area (Å²) in [5, 5.41) is 2.31. The van der Waals surface area contributed by atoms with Gasteiger partial charge in [0.25, 0.3) is 0 Å². The highest BCUT2D eigenvalue weighted by atomic mass is 35.5. The van der Waals surface area contributed by atoms with Crippen LogP contribution in [0.2, 0.25) is 10.0 Å². The molecule has 0 aromatic heterocycles. The Morgan fingerprint density at radius 3 is 2.43 bits per heavy atom. The van der Waals surface area contributed by atoms with Gasteiger partial charge in [0.2, 0.25) is 15.9 Å². The van der Waals surface area contributed by atoms with Gasteiger partial charge >= 0.3 is 0 Å². The molecule has 1 heterocycles. The second kappa shape index (κ2) is 9.96. The van der Waals surface area contributed by atoms with Crippen LogP contribution in [0.4, 0.5) is 0 Å². The summed E-state index contributed by atoms with van der Waals surface area (Å²) in [6.07, 6.45) is 2.59. The summed E-state index contributed by atoms with van der Waals surface area (Å²) >= 11 is 12.1. The number of sulfonamides is 1. The van der Waals surface area contributed by atoms with Crippen LogP contribution < -0.4 is 0 Å². The number of rotatable bonds is 6. The molecular weight excluding hydrogens is 443 g/mol. The Kier molecular flexibility index (Phi) is 7.58. The summed E-state index contributed by atoms with van der Waals surface area (Å²) in [7, 11) is -1.78. The predicted octanol–water partition coefficient (Wildman–Crippen LogP) is 4.66. The fraction of sp³-hybridized carbons (Fsp3) is 0.318. The second-order valence-electron chi connectivity index (χ2n) is 7.36. The first-order valence-corrected chi connectivity index (χ1v) is 11.9. The molecule has 8 heteroatoms. The molecule has 0 unspecified atom stereocenters. The van der Waals surface area contributed by atoms with Crippen LogP contribution in [-0.4, -0.2) is 43.7 Å². The van der Waals surface area contributed by atoms with E-state index in [0.29, 0.717) is 42.5 Å². The summed E-state index contributed by atoms with van der Waals surface area (Å²) in [5.41, 5.74) is 1.65. The summed E-state index contributed by atoms with van der Waals surface area (Å²) in [4.78, 5) is 14.5. The van der Waals surface area contributed by atoms with Crippen molar-refractivity contribution in [2.24, 2.45) is 5.92 Å². The van der Waals surface area contributed by atoms with Crippen LogP contribution in [0.15, 0.2) is 53.9 Å². The van der Waals surface area contributed by atoms with Crippen LogP contribution in [0.3, 0.4) is 0 Å². The number of piperidine rings is 1. The Hall–Kier alpha value is -1.86. The van der Waals surface area contributed by atoms with E-state index in [1.165, 1.54) is 9.71 Å². The third-order valence-corrected chi connectivity index (χ3v) is 7.35. The molecule has 3 rings (SSSR count). The molecule has 1 saturated heterocycles. The van der Waals surface area contributed by atoms with E-state index < -0.39 is 10.0 Å². The Morgan fingerprint density at radius 1 is 1.13 bits per heavy atom. The first-order valence-electron chi connectivity index (χ1n) is 9.68. The molecule has 2 aromatic rings. The lowest BCUT2D eigenvalue weighted by molar-refractivity contribution is -0.135. The van der Waals surface area contributed by atoms with Crippen molar-refractivity contribution in [1.29, 1.82) is 0 Å².